The van der Waals surface area contributed by atoms with E-state index in [1.54, 1.807) is 0 Å². The molecule has 84 valence electrons. The predicted molar refractivity (Wildman–Crippen MR) is 61.6 cm³/mol. The molecule has 0 aromatic rings. The molecule has 0 saturated carbocycles. The van der Waals surface area contributed by atoms with E-state index in [1.165, 1.54) is 19.6 Å². The zero-order valence-electron chi connectivity index (χ0n) is 10.2. The number of rotatable bonds is 4. The van der Waals surface area contributed by atoms with Gasteiger partial charge in [-0.3, -0.25) is 0 Å². The monoisotopic (exact) mass is 199 g/mol. The summed E-state index contributed by atoms with van der Waals surface area (Å²) in [7, 11) is 4.36. The maximum atomic E-state index is 3.65. The second-order valence-corrected chi connectivity index (χ2v) is 4.81. The molecule has 0 spiro atoms. The van der Waals surface area contributed by atoms with Crippen LogP contribution in [0.25, 0.3) is 0 Å². The van der Waals surface area contributed by atoms with E-state index in [1.807, 2.05) is 0 Å². The fourth-order valence-electron chi connectivity index (χ4n) is 2.24. The van der Waals surface area contributed by atoms with Crippen LogP contribution in [0.2, 0.25) is 0 Å². The molecule has 0 aromatic heterocycles. The molecule has 14 heavy (non-hydrogen) atoms. The topological polar surface area (TPSA) is 18.5 Å². The zero-order valence-corrected chi connectivity index (χ0v) is 10.2. The van der Waals surface area contributed by atoms with Gasteiger partial charge in [0.15, 0.2) is 0 Å². The number of nitrogens with one attached hydrogen (secondary N) is 1. The van der Waals surface area contributed by atoms with Crippen molar-refractivity contribution < 1.29 is 0 Å². The fraction of sp³-hybridized carbons (Fsp3) is 1.00. The van der Waals surface area contributed by atoms with Crippen LogP contribution in [0.1, 0.15) is 20.8 Å². The average molecular weight is 199 g/mol. The number of nitrogens with zero attached hydrogens (tertiary/aromatic N) is 2. The number of likely N-dealkylation sites (tertiary alicyclic amines) is 1. The lowest BCUT2D eigenvalue weighted by molar-refractivity contribution is 0.252. The molecule has 0 radical (unpaired) electrons. The molecule has 1 fully saturated rings. The summed E-state index contributed by atoms with van der Waals surface area (Å²) in [4.78, 5) is 4.86. The third-order valence-electron chi connectivity index (χ3n) is 3.02. The Morgan fingerprint density at radius 3 is 2.43 bits per heavy atom. The number of likely N-dealkylation sites (N-methyl/N-ethyl adjacent to an activating group) is 2. The Labute approximate surface area is 88.5 Å². The van der Waals surface area contributed by atoms with Crippen LogP contribution in [-0.2, 0) is 0 Å². The van der Waals surface area contributed by atoms with Crippen LogP contribution in [0.4, 0.5) is 0 Å². The normalized spacial score (nSPS) is 29.4. The van der Waals surface area contributed by atoms with Gasteiger partial charge in [0.05, 0.1) is 0 Å². The minimum atomic E-state index is 0.583. The van der Waals surface area contributed by atoms with Crippen LogP contribution in [0.5, 0.6) is 0 Å². The first-order valence-electron chi connectivity index (χ1n) is 5.69. The Morgan fingerprint density at radius 1 is 1.36 bits per heavy atom. The van der Waals surface area contributed by atoms with E-state index in [0.717, 1.165) is 0 Å². The third-order valence-corrected chi connectivity index (χ3v) is 3.02. The Hall–Kier alpha value is -0.120. The molecule has 0 bridgehead atoms. The molecule has 3 heteroatoms. The van der Waals surface area contributed by atoms with Gasteiger partial charge < -0.3 is 15.1 Å². The number of hydrogen-bond donors (Lipinski definition) is 1. The molecule has 0 aliphatic carbocycles. The van der Waals surface area contributed by atoms with E-state index in [9.17, 15) is 0 Å². The van der Waals surface area contributed by atoms with Gasteiger partial charge in [-0.15, -0.1) is 0 Å². The smallest absolute Gasteiger partial charge is 0.0383 e. The molecular formula is C11H25N3. The van der Waals surface area contributed by atoms with Crippen molar-refractivity contribution in [1.82, 2.24) is 15.1 Å². The molecule has 1 saturated heterocycles. The zero-order chi connectivity index (χ0) is 10.7. The summed E-state index contributed by atoms with van der Waals surface area (Å²) >= 11 is 0. The van der Waals surface area contributed by atoms with Crippen LogP contribution in [-0.4, -0.2) is 61.7 Å². The highest BCUT2D eigenvalue weighted by molar-refractivity contribution is 4.94. The maximum Gasteiger partial charge on any atom is 0.0383 e. The summed E-state index contributed by atoms with van der Waals surface area (Å²) in [6, 6.07) is 1.88. The lowest BCUT2D eigenvalue weighted by Crippen LogP contribution is -2.48. The summed E-state index contributed by atoms with van der Waals surface area (Å²) in [5, 5.41) is 3.65. The molecule has 1 aliphatic rings. The van der Waals surface area contributed by atoms with Gasteiger partial charge in [-0.2, -0.15) is 0 Å². The Balaban J connectivity index is 2.53. The molecule has 0 amide bonds. The fourth-order valence-corrected chi connectivity index (χ4v) is 2.24. The molecule has 2 atom stereocenters. The van der Waals surface area contributed by atoms with E-state index < -0.39 is 0 Å². The average Bonchev–Trinajstić information content (AvgIpc) is 2.46. The molecule has 1 heterocycles. The van der Waals surface area contributed by atoms with E-state index in [4.69, 9.17) is 0 Å². The first-order chi connectivity index (χ1) is 6.54. The van der Waals surface area contributed by atoms with Crippen LogP contribution >= 0.6 is 0 Å². The van der Waals surface area contributed by atoms with Crippen LogP contribution < -0.4 is 5.32 Å². The number of hydrogen-bond acceptors (Lipinski definition) is 3. The lowest BCUT2D eigenvalue weighted by atomic mass is 10.1. The summed E-state index contributed by atoms with van der Waals surface area (Å²) < 4.78 is 0. The van der Waals surface area contributed by atoms with Gasteiger partial charge in [0.1, 0.15) is 0 Å². The van der Waals surface area contributed by atoms with Gasteiger partial charge in [0.25, 0.3) is 0 Å². The summed E-state index contributed by atoms with van der Waals surface area (Å²) in [6.45, 7) is 10.2. The largest absolute Gasteiger partial charge is 0.309 e. The summed E-state index contributed by atoms with van der Waals surface area (Å²) in [5.74, 6) is 0. The third kappa shape index (κ3) is 2.94. The van der Waals surface area contributed by atoms with Crippen molar-refractivity contribution in [3.63, 3.8) is 0 Å². The Kier molecular flexibility index (Phi) is 4.35. The lowest BCUT2D eigenvalue weighted by Gasteiger charge is -2.27. The highest BCUT2D eigenvalue weighted by atomic mass is 15.3. The van der Waals surface area contributed by atoms with Gasteiger partial charge in [0.2, 0.25) is 0 Å². The van der Waals surface area contributed by atoms with Gasteiger partial charge in [-0.1, -0.05) is 20.8 Å². The standard InChI is InChI=1S/C11H25N3/c1-6-14-7-10(12-9(2)3)11(8-14)13(4)5/h9-12H,6-8H2,1-5H3/t10-,11+/m0/s1. The molecule has 1 N–H and O–H groups in total. The molecule has 1 rings (SSSR count). The van der Waals surface area contributed by atoms with Crippen molar-refractivity contribution in [1.29, 1.82) is 0 Å². The predicted octanol–water partition coefficient (Wildman–Crippen LogP) is 0.619. The van der Waals surface area contributed by atoms with E-state index in [-0.39, 0.29) is 0 Å². The molecule has 3 nitrogen and oxygen atoms in total. The van der Waals surface area contributed by atoms with E-state index in [2.05, 4.69) is 50.0 Å². The Bertz CT molecular complexity index is 168. The second-order valence-electron chi connectivity index (χ2n) is 4.81. The quantitative estimate of drug-likeness (QED) is 0.716. The Morgan fingerprint density at radius 2 is 2.00 bits per heavy atom. The van der Waals surface area contributed by atoms with Crippen molar-refractivity contribution in [3.05, 3.63) is 0 Å². The SMILES string of the molecule is CCN1C[C@H](NC(C)C)[C@H](N(C)C)C1. The second kappa shape index (κ2) is 5.10. The first kappa shape index (κ1) is 12.0. The van der Waals surface area contributed by atoms with Gasteiger partial charge in [-0.25, -0.2) is 0 Å². The van der Waals surface area contributed by atoms with Crippen molar-refractivity contribution >= 4 is 0 Å². The van der Waals surface area contributed by atoms with E-state index in [0.29, 0.717) is 18.1 Å². The summed E-state index contributed by atoms with van der Waals surface area (Å²) in [6.07, 6.45) is 0. The first-order valence-corrected chi connectivity index (χ1v) is 5.69. The molecular weight excluding hydrogens is 174 g/mol. The van der Waals surface area contributed by atoms with Crippen LogP contribution in [0, 0.1) is 0 Å². The van der Waals surface area contributed by atoms with Crippen molar-refractivity contribution in [3.8, 4) is 0 Å². The van der Waals surface area contributed by atoms with Gasteiger partial charge in [0, 0.05) is 31.2 Å². The minimum absolute atomic E-state index is 0.583. The molecule has 1 aliphatic heterocycles. The minimum Gasteiger partial charge on any atom is -0.309 e. The highest BCUT2D eigenvalue weighted by Crippen LogP contribution is 2.14. The van der Waals surface area contributed by atoms with Crippen molar-refractivity contribution in [2.24, 2.45) is 0 Å². The van der Waals surface area contributed by atoms with Crippen molar-refractivity contribution in [2.75, 3.05) is 33.7 Å². The van der Waals surface area contributed by atoms with Crippen molar-refractivity contribution in [2.45, 2.75) is 38.9 Å². The van der Waals surface area contributed by atoms with Gasteiger partial charge >= 0.3 is 0 Å². The summed E-state index contributed by atoms with van der Waals surface area (Å²) in [5.41, 5.74) is 0. The van der Waals surface area contributed by atoms with E-state index >= 15 is 0 Å². The van der Waals surface area contributed by atoms with Crippen LogP contribution in [0.15, 0.2) is 0 Å². The molecule has 0 unspecified atom stereocenters. The highest BCUT2D eigenvalue weighted by Gasteiger charge is 2.33. The molecule has 0 aromatic carbocycles. The van der Waals surface area contributed by atoms with Crippen LogP contribution in [0.3, 0.4) is 0 Å². The maximum absolute atomic E-state index is 3.65. The van der Waals surface area contributed by atoms with Gasteiger partial charge in [-0.05, 0) is 20.6 Å².